The quantitative estimate of drug-likeness (QED) is 0.299. The van der Waals surface area contributed by atoms with Crippen LogP contribution in [0.3, 0.4) is 0 Å². The van der Waals surface area contributed by atoms with Gasteiger partial charge in [-0.25, -0.2) is 17.6 Å². The molecule has 33 heavy (non-hydrogen) atoms. The van der Waals surface area contributed by atoms with Gasteiger partial charge in [0.15, 0.2) is 23.3 Å². The van der Waals surface area contributed by atoms with Gasteiger partial charge >= 0.3 is 0 Å². The van der Waals surface area contributed by atoms with Crippen LogP contribution in [0.25, 0.3) is 11.1 Å². The number of hydrogen-bond acceptors (Lipinski definition) is 0. The van der Waals surface area contributed by atoms with Crippen LogP contribution in [0.4, 0.5) is 17.6 Å². The Morgan fingerprint density at radius 2 is 1.27 bits per heavy atom. The number of halogens is 4. The van der Waals surface area contributed by atoms with Crippen LogP contribution in [0, 0.1) is 47.9 Å². The Morgan fingerprint density at radius 3 is 1.88 bits per heavy atom. The number of rotatable bonds is 6. The molecule has 4 rings (SSSR count). The first-order valence-corrected chi connectivity index (χ1v) is 12.4. The van der Waals surface area contributed by atoms with Gasteiger partial charge in [-0.2, -0.15) is 0 Å². The highest BCUT2D eigenvalue weighted by molar-refractivity contribution is 5.66. The van der Waals surface area contributed by atoms with E-state index in [1.54, 1.807) is 6.07 Å². The summed E-state index contributed by atoms with van der Waals surface area (Å²) in [6, 6.07) is 5.66. The fourth-order valence-electron chi connectivity index (χ4n) is 6.15. The predicted molar refractivity (Wildman–Crippen MR) is 126 cm³/mol. The van der Waals surface area contributed by atoms with E-state index in [1.807, 2.05) is 6.08 Å². The molecule has 0 amide bonds. The molecule has 2 aliphatic rings. The lowest BCUT2D eigenvalue weighted by Gasteiger charge is -2.38. The molecule has 0 saturated heterocycles. The third kappa shape index (κ3) is 5.05. The van der Waals surface area contributed by atoms with Crippen molar-refractivity contribution < 1.29 is 17.6 Å². The topological polar surface area (TPSA) is 0 Å². The monoisotopic (exact) mass is 458 g/mol. The van der Waals surface area contributed by atoms with Crippen molar-refractivity contribution in [3.63, 3.8) is 0 Å². The molecule has 2 aliphatic carbocycles. The van der Waals surface area contributed by atoms with Gasteiger partial charge in [-0.05, 0) is 93.1 Å². The average Bonchev–Trinajstić information content (AvgIpc) is 2.84. The zero-order valence-corrected chi connectivity index (χ0v) is 19.5. The molecule has 0 N–H and O–H groups in total. The Bertz CT molecular complexity index is 980. The Labute approximate surface area is 195 Å². The van der Waals surface area contributed by atoms with Crippen LogP contribution in [-0.2, 0) is 0 Å². The van der Waals surface area contributed by atoms with E-state index in [9.17, 15) is 13.2 Å². The van der Waals surface area contributed by atoms with Crippen molar-refractivity contribution >= 4 is 0 Å². The SMILES string of the molecule is C=CCCC1CCC(C2CCC(c3ccc(-c4ccc(C)c(F)c4F)c(F)c3F)CC2)CC1. The molecule has 2 aromatic rings. The van der Waals surface area contributed by atoms with E-state index in [2.05, 4.69) is 6.58 Å². The molecule has 4 heteroatoms. The molecule has 0 nitrogen and oxygen atoms in total. The summed E-state index contributed by atoms with van der Waals surface area (Å²) in [5.74, 6) is -1.92. The molecule has 0 spiro atoms. The van der Waals surface area contributed by atoms with Crippen molar-refractivity contribution in [2.24, 2.45) is 17.8 Å². The molecule has 0 bridgehead atoms. The van der Waals surface area contributed by atoms with Gasteiger partial charge in [-0.15, -0.1) is 6.58 Å². The molecule has 0 heterocycles. The lowest BCUT2D eigenvalue weighted by Crippen LogP contribution is -2.25. The lowest BCUT2D eigenvalue weighted by molar-refractivity contribution is 0.156. The maximum atomic E-state index is 15.0. The summed E-state index contributed by atoms with van der Waals surface area (Å²) in [6.45, 7) is 5.26. The fraction of sp³-hybridized carbons (Fsp3) is 0.517. The standard InChI is InChI=1S/C29H34F4/c1-3-4-5-19-7-9-20(10-8-19)21-11-13-22(14-12-21)23-16-17-25(29(33)27(23)31)24-15-6-18(2)26(30)28(24)32/h3,6,15-17,19-22H,1,4-5,7-14H2,2H3. The zero-order chi connectivity index (χ0) is 23.5. The van der Waals surface area contributed by atoms with E-state index in [1.165, 1.54) is 57.2 Å². The third-order valence-electron chi connectivity index (χ3n) is 8.23. The Balaban J connectivity index is 1.41. The molecule has 0 aliphatic heterocycles. The Hall–Kier alpha value is -2.10. The molecule has 2 saturated carbocycles. The fourth-order valence-corrected chi connectivity index (χ4v) is 6.15. The summed E-state index contributed by atoms with van der Waals surface area (Å²) in [4.78, 5) is 0. The predicted octanol–water partition coefficient (Wildman–Crippen LogP) is 9.26. The minimum Gasteiger partial charge on any atom is -0.203 e. The summed E-state index contributed by atoms with van der Waals surface area (Å²) in [5.41, 5.74) is 0.0367. The van der Waals surface area contributed by atoms with Crippen LogP contribution in [0.5, 0.6) is 0 Å². The van der Waals surface area contributed by atoms with Crippen LogP contribution in [0.2, 0.25) is 0 Å². The highest BCUT2D eigenvalue weighted by atomic mass is 19.2. The summed E-state index contributed by atoms with van der Waals surface area (Å²) in [6.07, 6.45) is 13.3. The van der Waals surface area contributed by atoms with E-state index in [0.717, 1.165) is 43.9 Å². The van der Waals surface area contributed by atoms with Gasteiger partial charge in [-0.3, -0.25) is 0 Å². The molecule has 0 atom stereocenters. The van der Waals surface area contributed by atoms with E-state index >= 15 is 4.39 Å². The number of allylic oxidation sites excluding steroid dienone is 1. The van der Waals surface area contributed by atoms with Crippen LogP contribution < -0.4 is 0 Å². The normalized spacial score (nSPS) is 25.7. The maximum Gasteiger partial charge on any atom is 0.167 e. The highest BCUT2D eigenvalue weighted by Crippen LogP contribution is 2.45. The second-order valence-corrected chi connectivity index (χ2v) is 10.1. The van der Waals surface area contributed by atoms with E-state index in [-0.39, 0.29) is 22.6 Å². The Kier molecular flexibility index (Phi) is 7.61. The zero-order valence-electron chi connectivity index (χ0n) is 19.5. The molecule has 178 valence electrons. The number of hydrogen-bond donors (Lipinski definition) is 0. The van der Waals surface area contributed by atoms with Gasteiger partial charge in [-0.1, -0.05) is 43.2 Å². The van der Waals surface area contributed by atoms with Crippen LogP contribution in [-0.4, -0.2) is 0 Å². The summed E-state index contributed by atoms with van der Waals surface area (Å²) < 4.78 is 58.3. The minimum absolute atomic E-state index is 0.0201. The number of aryl methyl sites for hydroxylation is 1. The van der Waals surface area contributed by atoms with Crippen LogP contribution in [0.15, 0.2) is 36.9 Å². The molecule has 2 aromatic carbocycles. The van der Waals surface area contributed by atoms with Gasteiger partial charge in [0.05, 0.1) is 0 Å². The summed E-state index contributed by atoms with van der Waals surface area (Å²) in [5, 5.41) is 0. The van der Waals surface area contributed by atoms with Gasteiger partial charge in [0.1, 0.15) is 0 Å². The smallest absolute Gasteiger partial charge is 0.167 e. The molecule has 0 aromatic heterocycles. The van der Waals surface area contributed by atoms with Gasteiger partial charge in [0.25, 0.3) is 0 Å². The molecule has 0 unspecified atom stereocenters. The average molecular weight is 459 g/mol. The van der Waals surface area contributed by atoms with Crippen molar-refractivity contribution in [3.05, 3.63) is 71.3 Å². The highest BCUT2D eigenvalue weighted by Gasteiger charge is 2.32. The first-order chi connectivity index (χ1) is 15.9. The van der Waals surface area contributed by atoms with E-state index in [0.29, 0.717) is 11.5 Å². The van der Waals surface area contributed by atoms with Crippen molar-refractivity contribution in [2.45, 2.75) is 77.0 Å². The van der Waals surface area contributed by atoms with Crippen molar-refractivity contribution in [1.29, 1.82) is 0 Å². The maximum absolute atomic E-state index is 15.0. The van der Waals surface area contributed by atoms with Gasteiger partial charge in [0.2, 0.25) is 0 Å². The molecular formula is C29H34F4. The van der Waals surface area contributed by atoms with E-state index in [4.69, 9.17) is 0 Å². The minimum atomic E-state index is -1.14. The summed E-state index contributed by atoms with van der Waals surface area (Å²) >= 11 is 0. The largest absolute Gasteiger partial charge is 0.203 e. The van der Waals surface area contributed by atoms with Crippen molar-refractivity contribution in [1.82, 2.24) is 0 Å². The van der Waals surface area contributed by atoms with Crippen LogP contribution in [0.1, 0.15) is 81.3 Å². The molecular weight excluding hydrogens is 424 g/mol. The third-order valence-corrected chi connectivity index (χ3v) is 8.23. The number of benzene rings is 2. The van der Waals surface area contributed by atoms with Crippen LogP contribution >= 0.6 is 0 Å². The van der Waals surface area contributed by atoms with E-state index < -0.39 is 23.3 Å². The van der Waals surface area contributed by atoms with Gasteiger partial charge < -0.3 is 0 Å². The second-order valence-electron chi connectivity index (χ2n) is 10.1. The Morgan fingerprint density at radius 1 is 0.727 bits per heavy atom. The molecule has 0 radical (unpaired) electrons. The first-order valence-electron chi connectivity index (χ1n) is 12.4. The first kappa shape index (κ1) is 24.0. The van der Waals surface area contributed by atoms with Crippen molar-refractivity contribution in [3.8, 4) is 11.1 Å². The van der Waals surface area contributed by atoms with Gasteiger partial charge in [0, 0.05) is 11.1 Å². The lowest BCUT2D eigenvalue weighted by atomic mass is 9.68. The second kappa shape index (κ2) is 10.4. The summed E-state index contributed by atoms with van der Waals surface area (Å²) in [7, 11) is 0. The molecule has 2 fully saturated rings. The van der Waals surface area contributed by atoms with Crippen molar-refractivity contribution in [2.75, 3.05) is 0 Å².